The van der Waals surface area contributed by atoms with E-state index in [0.29, 0.717) is 25.9 Å². The molecular formula is C26H32N2O5. The third kappa shape index (κ3) is 6.12. The van der Waals surface area contributed by atoms with Gasteiger partial charge in [0.2, 0.25) is 5.91 Å². The van der Waals surface area contributed by atoms with Crippen molar-refractivity contribution in [1.82, 2.24) is 10.2 Å². The number of carbonyl (C=O) groups is 3. The van der Waals surface area contributed by atoms with Gasteiger partial charge in [0.1, 0.15) is 6.61 Å². The van der Waals surface area contributed by atoms with Gasteiger partial charge in [0.15, 0.2) is 0 Å². The van der Waals surface area contributed by atoms with Crippen molar-refractivity contribution in [2.24, 2.45) is 5.92 Å². The lowest BCUT2D eigenvalue weighted by Gasteiger charge is -2.23. The minimum Gasteiger partial charge on any atom is -0.481 e. The average Bonchev–Trinajstić information content (AvgIpc) is 3.14. The van der Waals surface area contributed by atoms with Crippen LogP contribution in [0.3, 0.4) is 0 Å². The van der Waals surface area contributed by atoms with Crippen molar-refractivity contribution in [3.63, 3.8) is 0 Å². The Labute approximate surface area is 194 Å². The lowest BCUT2D eigenvalue weighted by Crippen LogP contribution is -2.37. The van der Waals surface area contributed by atoms with Crippen LogP contribution in [0.25, 0.3) is 11.1 Å². The first-order chi connectivity index (χ1) is 15.9. The van der Waals surface area contributed by atoms with E-state index in [1.54, 1.807) is 4.90 Å². The maximum Gasteiger partial charge on any atom is 0.407 e. The highest BCUT2D eigenvalue weighted by Gasteiger charge is 2.29. The Morgan fingerprint density at radius 3 is 2.24 bits per heavy atom. The predicted octanol–water partition coefficient (Wildman–Crippen LogP) is 4.26. The van der Waals surface area contributed by atoms with E-state index in [1.165, 1.54) is 22.3 Å². The van der Waals surface area contributed by atoms with Crippen molar-refractivity contribution in [3.8, 4) is 11.1 Å². The van der Waals surface area contributed by atoms with Crippen molar-refractivity contribution in [3.05, 3.63) is 59.7 Å². The monoisotopic (exact) mass is 452 g/mol. The molecule has 2 N–H and O–H groups in total. The Balaban J connectivity index is 1.42. The summed E-state index contributed by atoms with van der Waals surface area (Å²) >= 11 is 0. The number of amides is 2. The minimum atomic E-state index is -0.916. The fraction of sp³-hybridized carbons (Fsp3) is 0.423. The molecule has 7 heteroatoms. The van der Waals surface area contributed by atoms with Gasteiger partial charge in [-0.05, 0) is 42.0 Å². The Morgan fingerprint density at radius 1 is 1.06 bits per heavy atom. The topological polar surface area (TPSA) is 95.9 Å². The molecule has 2 aromatic carbocycles. The molecule has 3 rings (SSSR count). The van der Waals surface area contributed by atoms with Gasteiger partial charge in [0.05, 0.1) is 6.42 Å². The molecule has 0 radical (unpaired) electrons. The average molecular weight is 453 g/mol. The molecule has 2 aromatic rings. The highest BCUT2D eigenvalue weighted by molar-refractivity contribution is 5.80. The standard InChI is InChI=1S/C26H32N2O5/c1-3-28(16-14-24(29)30)25(31)18(2)9-8-15-27-26(32)33-17-23-21-12-6-4-10-19(21)20-11-5-7-13-22(20)23/h4-7,10-13,18,23H,3,8-9,14-17H2,1-2H3,(H,27,32)(H,29,30). The summed E-state index contributed by atoms with van der Waals surface area (Å²) in [4.78, 5) is 37.1. The van der Waals surface area contributed by atoms with Crippen molar-refractivity contribution >= 4 is 18.0 Å². The van der Waals surface area contributed by atoms with Crippen molar-refractivity contribution < 1.29 is 24.2 Å². The summed E-state index contributed by atoms with van der Waals surface area (Å²) in [6.07, 6.45) is 0.711. The van der Waals surface area contributed by atoms with Crippen molar-refractivity contribution in [2.75, 3.05) is 26.2 Å². The summed E-state index contributed by atoms with van der Waals surface area (Å²) in [5.74, 6) is -1.18. The van der Waals surface area contributed by atoms with Crippen molar-refractivity contribution in [2.45, 2.75) is 39.0 Å². The third-order valence-electron chi connectivity index (χ3n) is 6.14. The van der Waals surface area contributed by atoms with E-state index in [9.17, 15) is 14.4 Å². The quantitative estimate of drug-likeness (QED) is 0.497. The number of hydrogen-bond acceptors (Lipinski definition) is 4. The van der Waals surface area contributed by atoms with E-state index in [2.05, 4.69) is 29.6 Å². The van der Waals surface area contributed by atoms with E-state index < -0.39 is 12.1 Å². The van der Waals surface area contributed by atoms with Crippen LogP contribution in [0.15, 0.2) is 48.5 Å². The SMILES string of the molecule is CCN(CCC(=O)O)C(=O)C(C)CCCNC(=O)OCC1c2ccccc2-c2ccccc21. The molecule has 2 amide bonds. The summed E-state index contributed by atoms with van der Waals surface area (Å²) in [7, 11) is 0. The van der Waals surface area contributed by atoms with Crippen LogP contribution in [-0.2, 0) is 14.3 Å². The molecule has 0 saturated carbocycles. The maximum atomic E-state index is 12.5. The highest BCUT2D eigenvalue weighted by Crippen LogP contribution is 2.44. The minimum absolute atomic E-state index is 0.0200. The predicted molar refractivity (Wildman–Crippen MR) is 126 cm³/mol. The van der Waals surface area contributed by atoms with Gasteiger partial charge in [-0.25, -0.2) is 4.79 Å². The molecule has 176 valence electrons. The molecule has 0 saturated heterocycles. The van der Waals surface area contributed by atoms with Gasteiger partial charge in [0, 0.05) is 31.5 Å². The van der Waals surface area contributed by atoms with Crippen LogP contribution in [-0.4, -0.2) is 54.2 Å². The van der Waals surface area contributed by atoms with Crippen LogP contribution >= 0.6 is 0 Å². The van der Waals surface area contributed by atoms with Gasteiger partial charge in [-0.15, -0.1) is 0 Å². The molecule has 0 spiro atoms. The molecule has 1 atom stereocenters. The molecule has 0 aromatic heterocycles. The Hall–Kier alpha value is -3.35. The first-order valence-corrected chi connectivity index (χ1v) is 11.5. The first kappa shape index (κ1) is 24.3. The van der Waals surface area contributed by atoms with E-state index in [0.717, 1.165) is 0 Å². The van der Waals surface area contributed by atoms with Crippen LogP contribution in [0, 0.1) is 5.92 Å². The van der Waals surface area contributed by atoms with Crippen LogP contribution in [0.4, 0.5) is 4.79 Å². The fourth-order valence-corrected chi connectivity index (χ4v) is 4.34. The summed E-state index contributed by atoms with van der Waals surface area (Å²) in [6, 6.07) is 16.4. The van der Waals surface area contributed by atoms with Gasteiger partial charge in [0.25, 0.3) is 0 Å². The lowest BCUT2D eigenvalue weighted by molar-refractivity contribution is -0.139. The van der Waals surface area contributed by atoms with Crippen LogP contribution in [0.1, 0.15) is 50.2 Å². The largest absolute Gasteiger partial charge is 0.481 e. The number of fused-ring (bicyclic) bond motifs is 3. The second-order valence-electron chi connectivity index (χ2n) is 8.36. The van der Waals surface area contributed by atoms with Gasteiger partial charge < -0.3 is 20.1 Å². The Morgan fingerprint density at radius 2 is 1.67 bits per heavy atom. The second kappa shape index (κ2) is 11.5. The van der Waals surface area contributed by atoms with Crippen LogP contribution in [0.5, 0.6) is 0 Å². The molecule has 1 aliphatic carbocycles. The Kier molecular flexibility index (Phi) is 8.46. The molecule has 7 nitrogen and oxygen atoms in total. The summed E-state index contributed by atoms with van der Waals surface area (Å²) < 4.78 is 5.52. The van der Waals surface area contributed by atoms with E-state index >= 15 is 0 Å². The fourth-order valence-electron chi connectivity index (χ4n) is 4.34. The number of alkyl carbamates (subject to hydrolysis) is 1. The number of nitrogens with one attached hydrogen (secondary N) is 1. The van der Waals surface area contributed by atoms with Gasteiger partial charge in [-0.2, -0.15) is 0 Å². The van der Waals surface area contributed by atoms with E-state index in [-0.39, 0.29) is 37.3 Å². The maximum absolute atomic E-state index is 12.5. The van der Waals surface area contributed by atoms with Gasteiger partial charge in [-0.3, -0.25) is 9.59 Å². The molecule has 0 heterocycles. The number of carbonyl (C=O) groups excluding carboxylic acids is 2. The van der Waals surface area contributed by atoms with Gasteiger partial charge >= 0.3 is 12.1 Å². The Bertz CT molecular complexity index is 945. The number of rotatable bonds is 11. The molecular weight excluding hydrogens is 420 g/mol. The summed E-state index contributed by atoms with van der Waals surface area (Å²) in [6.45, 7) is 5.05. The van der Waals surface area contributed by atoms with Crippen LogP contribution < -0.4 is 5.32 Å². The number of benzene rings is 2. The van der Waals surface area contributed by atoms with E-state index in [4.69, 9.17) is 9.84 Å². The molecule has 0 bridgehead atoms. The zero-order valence-electron chi connectivity index (χ0n) is 19.3. The van der Waals surface area contributed by atoms with Crippen LogP contribution in [0.2, 0.25) is 0 Å². The number of ether oxygens (including phenoxy) is 1. The highest BCUT2D eigenvalue weighted by atomic mass is 16.5. The molecule has 0 fully saturated rings. The zero-order chi connectivity index (χ0) is 23.8. The number of carboxylic acids is 1. The normalized spacial score (nSPS) is 13.0. The second-order valence-corrected chi connectivity index (χ2v) is 8.36. The van der Waals surface area contributed by atoms with Crippen molar-refractivity contribution in [1.29, 1.82) is 0 Å². The molecule has 33 heavy (non-hydrogen) atoms. The van der Waals surface area contributed by atoms with E-state index in [1.807, 2.05) is 38.1 Å². The zero-order valence-corrected chi connectivity index (χ0v) is 19.3. The summed E-state index contributed by atoms with van der Waals surface area (Å²) in [5.41, 5.74) is 4.71. The third-order valence-corrected chi connectivity index (χ3v) is 6.14. The first-order valence-electron chi connectivity index (χ1n) is 11.5. The van der Waals surface area contributed by atoms with Gasteiger partial charge in [-0.1, -0.05) is 55.5 Å². The molecule has 0 aliphatic heterocycles. The number of hydrogen-bond donors (Lipinski definition) is 2. The smallest absolute Gasteiger partial charge is 0.407 e. The summed E-state index contributed by atoms with van der Waals surface area (Å²) in [5, 5.41) is 11.6. The number of carboxylic acid groups (broad SMARTS) is 1. The lowest BCUT2D eigenvalue weighted by atomic mass is 9.98. The molecule has 1 unspecified atom stereocenters. The molecule has 1 aliphatic rings. The number of aliphatic carboxylic acids is 1. The number of nitrogens with zero attached hydrogens (tertiary/aromatic N) is 1.